The van der Waals surface area contributed by atoms with Crippen LogP contribution in [0.3, 0.4) is 0 Å². The standard InChI is InChI=1S/C12H11Cl2N3O/c13-8-3-7(4-9(14)5-8)12-16-10(1-2-15)6-11(18)17-12/h3-6H,1-2,15H2,(H,16,17,18). The van der Waals surface area contributed by atoms with Gasteiger partial charge in [0.15, 0.2) is 0 Å². The van der Waals surface area contributed by atoms with Crippen molar-refractivity contribution in [1.82, 2.24) is 9.97 Å². The zero-order valence-electron chi connectivity index (χ0n) is 9.41. The van der Waals surface area contributed by atoms with E-state index in [4.69, 9.17) is 28.9 Å². The van der Waals surface area contributed by atoms with Crippen LogP contribution in [0, 0.1) is 0 Å². The van der Waals surface area contributed by atoms with Gasteiger partial charge in [0, 0.05) is 33.8 Å². The van der Waals surface area contributed by atoms with Crippen LogP contribution in [0.5, 0.6) is 0 Å². The number of benzene rings is 1. The van der Waals surface area contributed by atoms with Crippen molar-refractivity contribution in [2.75, 3.05) is 6.54 Å². The second-order valence-electron chi connectivity index (χ2n) is 3.78. The third-order valence-corrected chi connectivity index (χ3v) is 2.77. The zero-order chi connectivity index (χ0) is 13.1. The highest BCUT2D eigenvalue weighted by atomic mass is 35.5. The van der Waals surface area contributed by atoms with E-state index < -0.39 is 0 Å². The second kappa shape index (κ2) is 5.52. The van der Waals surface area contributed by atoms with E-state index in [1.54, 1.807) is 18.2 Å². The Morgan fingerprint density at radius 3 is 2.44 bits per heavy atom. The number of aromatic nitrogens is 2. The molecule has 0 aliphatic heterocycles. The summed E-state index contributed by atoms with van der Waals surface area (Å²) in [4.78, 5) is 18.5. The Hall–Kier alpha value is -1.36. The molecule has 3 N–H and O–H groups in total. The number of nitrogens with one attached hydrogen (secondary N) is 1. The predicted octanol–water partition coefficient (Wildman–Crippen LogP) is 2.24. The van der Waals surface area contributed by atoms with E-state index in [-0.39, 0.29) is 5.56 Å². The van der Waals surface area contributed by atoms with Crippen LogP contribution in [-0.2, 0) is 6.42 Å². The van der Waals surface area contributed by atoms with Crippen molar-refractivity contribution in [3.8, 4) is 11.4 Å². The molecule has 0 bridgehead atoms. The molecule has 4 nitrogen and oxygen atoms in total. The largest absolute Gasteiger partial charge is 0.330 e. The molecule has 2 aromatic rings. The van der Waals surface area contributed by atoms with Gasteiger partial charge in [-0.3, -0.25) is 4.79 Å². The third kappa shape index (κ3) is 3.10. The molecule has 0 saturated heterocycles. The molecule has 0 unspecified atom stereocenters. The number of hydrogen-bond acceptors (Lipinski definition) is 3. The summed E-state index contributed by atoms with van der Waals surface area (Å²) in [6.45, 7) is 0.437. The molecule has 94 valence electrons. The number of rotatable bonds is 3. The first kappa shape index (κ1) is 13.1. The van der Waals surface area contributed by atoms with Crippen LogP contribution in [0.4, 0.5) is 0 Å². The van der Waals surface area contributed by atoms with Crippen LogP contribution < -0.4 is 11.3 Å². The topological polar surface area (TPSA) is 71.8 Å². The summed E-state index contributed by atoms with van der Waals surface area (Å²) in [6, 6.07) is 6.44. The van der Waals surface area contributed by atoms with E-state index in [0.29, 0.717) is 40.1 Å². The predicted molar refractivity (Wildman–Crippen MR) is 73.1 cm³/mol. The maximum Gasteiger partial charge on any atom is 0.251 e. The lowest BCUT2D eigenvalue weighted by Gasteiger charge is -2.05. The van der Waals surface area contributed by atoms with Crippen molar-refractivity contribution in [2.24, 2.45) is 5.73 Å². The minimum atomic E-state index is -0.223. The van der Waals surface area contributed by atoms with Crippen molar-refractivity contribution in [3.63, 3.8) is 0 Å². The van der Waals surface area contributed by atoms with Crippen LogP contribution in [0.15, 0.2) is 29.1 Å². The zero-order valence-corrected chi connectivity index (χ0v) is 10.9. The normalized spacial score (nSPS) is 10.6. The Kier molecular flexibility index (Phi) is 4.01. The van der Waals surface area contributed by atoms with Gasteiger partial charge >= 0.3 is 0 Å². The van der Waals surface area contributed by atoms with Gasteiger partial charge in [-0.25, -0.2) is 4.98 Å². The molecule has 2 rings (SSSR count). The number of aromatic amines is 1. The van der Waals surface area contributed by atoms with Crippen LogP contribution in [0.2, 0.25) is 10.0 Å². The Bertz CT molecular complexity index is 605. The summed E-state index contributed by atoms with van der Waals surface area (Å²) >= 11 is 11.8. The second-order valence-corrected chi connectivity index (χ2v) is 4.66. The van der Waals surface area contributed by atoms with Crippen LogP contribution in [0.1, 0.15) is 5.69 Å². The lowest BCUT2D eigenvalue weighted by Crippen LogP contribution is -2.13. The fraction of sp³-hybridized carbons (Fsp3) is 0.167. The van der Waals surface area contributed by atoms with Crippen LogP contribution >= 0.6 is 23.2 Å². The number of H-pyrrole nitrogens is 1. The fourth-order valence-corrected chi connectivity index (χ4v) is 2.14. The van der Waals surface area contributed by atoms with E-state index in [9.17, 15) is 4.79 Å². The molecule has 1 heterocycles. The number of nitrogens with zero attached hydrogens (tertiary/aromatic N) is 1. The highest BCUT2D eigenvalue weighted by Gasteiger charge is 2.06. The van der Waals surface area contributed by atoms with Gasteiger partial charge in [0.1, 0.15) is 5.82 Å². The molecule has 6 heteroatoms. The average molecular weight is 284 g/mol. The van der Waals surface area contributed by atoms with Crippen LogP contribution in [-0.4, -0.2) is 16.5 Å². The first-order chi connectivity index (χ1) is 8.58. The monoisotopic (exact) mass is 283 g/mol. The van der Waals surface area contributed by atoms with Gasteiger partial charge in [-0.05, 0) is 24.7 Å². The van der Waals surface area contributed by atoms with Crippen molar-refractivity contribution < 1.29 is 0 Å². The quantitative estimate of drug-likeness (QED) is 0.908. The molecule has 0 atom stereocenters. The Morgan fingerprint density at radius 2 is 1.83 bits per heavy atom. The Balaban J connectivity index is 2.52. The van der Waals surface area contributed by atoms with Gasteiger partial charge in [-0.2, -0.15) is 0 Å². The lowest BCUT2D eigenvalue weighted by atomic mass is 10.2. The van der Waals surface area contributed by atoms with Gasteiger partial charge < -0.3 is 10.7 Å². The van der Waals surface area contributed by atoms with E-state index in [1.807, 2.05) is 0 Å². The highest BCUT2D eigenvalue weighted by molar-refractivity contribution is 6.35. The maximum atomic E-state index is 11.5. The fourth-order valence-electron chi connectivity index (χ4n) is 1.61. The third-order valence-electron chi connectivity index (χ3n) is 2.33. The molecule has 1 aromatic heterocycles. The average Bonchev–Trinajstić information content (AvgIpc) is 2.27. The number of nitrogens with two attached hydrogens (primary N) is 1. The maximum absolute atomic E-state index is 11.5. The number of hydrogen-bond donors (Lipinski definition) is 2. The first-order valence-electron chi connectivity index (χ1n) is 5.35. The lowest BCUT2D eigenvalue weighted by molar-refractivity contribution is 0.906. The minimum Gasteiger partial charge on any atom is -0.330 e. The summed E-state index contributed by atoms with van der Waals surface area (Å²) < 4.78 is 0. The van der Waals surface area contributed by atoms with Gasteiger partial charge in [0.05, 0.1) is 0 Å². The molecule has 0 aliphatic rings. The molecule has 18 heavy (non-hydrogen) atoms. The van der Waals surface area contributed by atoms with Gasteiger partial charge in [-0.1, -0.05) is 23.2 Å². The molecule has 0 fully saturated rings. The van der Waals surface area contributed by atoms with Crippen molar-refractivity contribution in [2.45, 2.75) is 6.42 Å². The van der Waals surface area contributed by atoms with Crippen molar-refractivity contribution in [3.05, 3.63) is 50.4 Å². The Morgan fingerprint density at radius 1 is 1.17 bits per heavy atom. The smallest absolute Gasteiger partial charge is 0.251 e. The van der Waals surface area contributed by atoms with E-state index in [2.05, 4.69) is 9.97 Å². The highest BCUT2D eigenvalue weighted by Crippen LogP contribution is 2.24. The molecule has 0 radical (unpaired) electrons. The SMILES string of the molecule is NCCc1cc(=O)[nH]c(-c2cc(Cl)cc(Cl)c2)n1. The van der Waals surface area contributed by atoms with E-state index >= 15 is 0 Å². The molecular formula is C12H11Cl2N3O. The Labute approximate surface area is 114 Å². The molecule has 1 aromatic carbocycles. The minimum absolute atomic E-state index is 0.223. The van der Waals surface area contributed by atoms with Crippen molar-refractivity contribution >= 4 is 23.2 Å². The molecule has 0 amide bonds. The molecule has 0 aliphatic carbocycles. The molecular weight excluding hydrogens is 273 g/mol. The van der Waals surface area contributed by atoms with Gasteiger partial charge in [0.2, 0.25) is 0 Å². The molecule has 0 spiro atoms. The van der Waals surface area contributed by atoms with Gasteiger partial charge in [-0.15, -0.1) is 0 Å². The van der Waals surface area contributed by atoms with Crippen molar-refractivity contribution in [1.29, 1.82) is 0 Å². The van der Waals surface area contributed by atoms with E-state index in [0.717, 1.165) is 0 Å². The first-order valence-corrected chi connectivity index (χ1v) is 6.11. The summed E-state index contributed by atoms with van der Waals surface area (Å²) in [5, 5.41) is 0.980. The molecule has 0 saturated carbocycles. The number of halogens is 2. The van der Waals surface area contributed by atoms with E-state index in [1.165, 1.54) is 6.07 Å². The summed E-state index contributed by atoms with van der Waals surface area (Å²) in [6.07, 6.45) is 0.547. The summed E-state index contributed by atoms with van der Waals surface area (Å²) in [7, 11) is 0. The summed E-state index contributed by atoms with van der Waals surface area (Å²) in [5.74, 6) is 0.440. The summed E-state index contributed by atoms with van der Waals surface area (Å²) in [5.41, 5.74) is 6.55. The van der Waals surface area contributed by atoms with Gasteiger partial charge in [0.25, 0.3) is 5.56 Å². The van der Waals surface area contributed by atoms with Crippen LogP contribution in [0.25, 0.3) is 11.4 Å².